The number of rotatable bonds is 7. The second kappa shape index (κ2) is 6.79. The minimum Gasteiger partial charge on any atom is -0.353 e. The van der Waals surface area contributed by atoms with Crippen LogP contribution < -0.4 is 5.32 Å². The SMILES string of the molecule is Cn1cccc1CN(Cc1ccccc1)C(=O)CNC1CC1. The van der Waals surface area contributed by atoms with Crippen LogP contribution in [-0.4, -0.2) is 28.0 Å². The molecule has 0 unspecified atom stereocenters. The van der Waals surface area contributed by atoms with Crippen molar-refractivity contribution >= 4 is 5.91 Å². The van der Waals surface area contributed by atoms with Crippen LogP contribution in [0.2, 0.25) is 0 Å². The average molecular weight is 297 g/mol. The van der Waals surface area contributed by atoms with E-state index in [2.05, 4.69) is 28.1 Å². The summed E-state index contributed by atoms with van der Waals surface area (Å²) in [6, 6.07) is 14.8. The number of nitrogens with one attached hydrogen (secondary N) is 1. The van der Waals surface area contributed by atoms with Gasteiger partial charge in [-0.3, -0.25) is 4.79 Å². The zero-order valence-electron chi connectivity index (χ0n) is 13.0. The van der Waals surface area contributed by atoms with Gasteiger partial charge in [0.05, 0.1) is 13.1 Å². The van der Waals surface area contributed by atoms with Gasteiger partial charge in [-0.25, -0.2) is 0 Å². The van der Waals surface area contributed by atoms with Gasteiger partial charge in [-0.2, -0.15) is 0 Å². The zero-order valence-corrected chi connectivity index (χ0v) is 13.0. The van der Waals surface area contributed by atoms with E-state index in [0.29, 0.717) is 25.7 Å². The van der Waals surface area contributed by atoms with Crippen LogP contribution in [0.25, 0.3) is 0 Å². The number of aromatic nitrogens is 1. The molecule has 0 radical (unpaired) electrons. The van der Waals surface area contributed by atoms with E-state index in [9.17, 15) is 4.79 Å². The first-order valence-electron chi connectivity index (χ1n) is 7.87. The normalized spacial score (nSPS) is 14.0. The van der Waals surface area contributed by atoms with Crippen LogP contribution in [-0.2, 0) is 24.9 Å². The molecule has 4 heteroatoms. The van der Waals surface area contributed by atoms with Crippen molar-refractivity contribution in [3.8, 4) is 0 Å². The highest BCUT2D eigenvalue weighted by atomic mass is 16.2. The molecule has 0 saturated heterocycles. The molecule has 1 heterocycles. The monoisotopic (exact) mass is 297 g/mol. The Labute approximate surface area is 131 Å². The molecule has 1 aromatic carbocycles. The Hall–Kier alpha value is -2.07. The second-order valence-electron chi connectivity index (χ2n) is 6.00. The Morgan fingerprint density at radius 3 is 2.59 bits per heavy atom. The third kappa shape index (κ3) is 3.98. The Kier molecular flexibility index (Phi) is 4.59. The summed E-state index contributed by atoms with van der Waals surface area (Å²) < 4.78 is 2.07. The summed E-state index contributed by atoms with van der Waals surface area (Å²) in [7, 11) is 2.02. The van der Waals surface area contributed by atoms with Gasteiger partial charge >= 0.3 is 0 Å². The van der Waals surface area contributed by atoms with Crippen LogP contribution in [0.3, 0.4) is 0 Å². The van der Waals surface area contributed by atoms with Crippen LogP contribution in [0.15, 0.2) is 48.7 Å². The number of benzene rings is 1. The summed E-state index contributed by atoms with van der Waals surface area (Å²) >= 11 is 0. The first kappa shape index (κ1) is 14.9. The molecule has 2 aromatic rings. The Morgan fingerprint density at radius 2 is 1.95 bits per heavy atom. The number of nitrogens with zero attached hydrogens (tertiary/aromatic N) is 2. The van der Waals surface area contributed by atoms with Crippen molar-refractivity contribution in [3.05, 3.63) is 59.9 Å². The van der Waals surface area contributed by atoms with Gasteiger partial charge in [-0.1, -0.05) is 30.3 Å². The Bertz CT molecular complexity index is 616. The van der Waals surface area contributed by atoms with Gasteiger partial charge in [0.1, 0.15) is 0 Å². The van der Waals surface area contributed by atoms with E-state index in [0.717, 1.165) is 11.3 Å². The molecule has 0 spiro atoms. The van der Waals surface area contributed by atoms with E-state index in [1.807, 2.05) is 42.4 Å². The van der Waals surface area contributed by atoms with Gasteiger partial charge in [-0.05, 0) is 30.5 Å². The van der Waals surface area contributed by atoms with Crippen LogP contribution >= 0.6 is 0 Å². The van der Waals surface area contributed by atoms with Crippen molar-refractivity contribution in [2.45, 2.75) is 32.0 Å². The molecule has 1 fully saturated rings. The number of carbonyl (C=O) groups excluding carboxylic acids is 1. The average Bonchev–Trinajstić information content (AvgIpc) is 3.28. The predicted molar refractivity (Wildman–Crippen MR) is 87.1 cm³/mol. The molecule has 1 aliphatic carbocycles. The first-order valence-corrected chi connectivity index (χ1v) is 7.87. The summed E-state index contributed by atoms with van der Waals surface area (Å²) in [5, 5.41) is 3.32. The molecule has 0 bridgehead atoms. The number of hydrogen-bond acceptors (Lipinski definition) is 2. The molecule has 0 aliphatic heterocycles. The van der Waals surface area contributed by atoms with Crippen LogP contribution in [0.5, 0.6) is 0 Å². The van der Waals surface area contributed by atoms with Crippen molar-refractivity contribution in [1.29, 1.82) is 0 Å². The van der Waals surface area contributed by atoms with E-state index < -0.39 is 0 Å². The van der Waals surface area contributed by atoms with Gasteiger partial charge in [0.2, 0.25) is 5.91 Å². The fourth-order valence-corrected chi connectivity index (χ4v) is 2.52. The maximum atomic E-state index is 12.6. The third-order valence-corrected chi connectivity index (χ3v) is 4.09. The molecule has 1 saturated carbocycles. The van der Waals surface area contributed by atoms with Gasteiger partial charge in [0.15, 0.2) is 0 Å². The second-order valence-corrected chi connectivity index (χ2v) is 6.00. The molecule has 1 amide bonds. The van der Waals surface area contributed by atoms with Gasteiger partial charge < -0.3 is 14.8 Å². The van der Waals surface area contributed by atoms with Crippen molar-refractivity contribution in [2.75, 3.05) is 6.54 Å². The number of hydrogen-bond donors (Lipinski definition) is 1. The van der Waals surface area contributed by atoms with E-state index in [1.165, 1.54) is 12.8 Å². The number of carbonyl (C=O) groups is 1. The smallest absolute Gasteiger partial charge is 0.237 e. The fraction of sp³-hybridized carbons (Fsp3) is 0.389. The molecule has 3 rings (SSSR count). The molecular formula is C18H23N3O. The lowest BCUT2D eigenvalue weighted by molar-refractivity contribution is -0.131. The maximum Gasteiger partial charge on any atom is 0.237 e. The standard InChI is InChI=1S/C18H23N3O/c1-20-11-5-8-17(20)14-21(13-15-6-3-2-4-7-15)18(22)12-19-16-9-10-16/h2-8,11,16,19H,9-10,12-14H2,1H3. The third-order valence-electron chi connectivity index (χ3n) is 4.09. The van der Waals surface area contributed by atoms with E-state index in [1.54, 1.807) is 0 Å². The molecule has 1 N–H and O–H groups in total. The minimum atomic E-state index is 0.164. The molecule has 0 atom stereocenters. The Balaban J connectivity index is 1.68. The van der Waals surface area contributed by atoms with Crippen LogP contribution in [0, 0.1) is 0 Å². The zero-order chi connectivity index (χ0) is 15.4. The highest BCUT2D eigenvalue weighted by Gasteiger charge is 2.23. The lowest BCUT2D eigenvalue weighted by Gasteiger charge is -2.23. The largest absolute Gasteiger partial charge is 0.353 e. The number of amides is 1. The minimum absolute atomic E-state index is 0.164. The molecule has 4 nitrogen and oxygen atoms in total. The lowest BCUT2D eigenvalue weighted by atomic mass is 10.2. The van der Waals surface area contributed by atoms with Gasteiger partial charge in [-0.15, -0.1) is 0 Å². The molecule has 116 valence electrons. The van der Waals surface area contributed by atoms with E-state index in [4.69, 9.17) is 0 Å². The number of aryl methyl sites for hydroxylation is 1. The highest BCUT2D eigenvalue weighted by molar-refractivity contribution is 5.78. The van der Waals surface area contributed by atoms with Crippen molar-refractivity contribution in [1.82, 2.24) is 14.8 Å². The Morgan fingerprint density at radius 1 is 1.18 bits per heavy atom. The lowest BCUT2D eigenvalue weighted by Crippen LogP contribution is -2.38. The summed E-state index contributed by atoms with van der Waals surface area (Å²) in [4.78, 5) is 14.5. The topological polar surface area (TPSA) is 37.3 Å². The predicted octanol–water partition coefficient (Wildman–Crippen LogP) is 2.31. The molecular weight excluding hydrogens is 274 g/mol. The van der Waals surface area contributed by atoms with Crippen molar-refractivity contribution in [3.63, 3.8) is 0 Å². The van der Waals surface area contributed by atoms with Gasteiger partial charge in [0.25, 0.3) is 0 Å². The summed E-state index contributed by atoms with van der Waals surface area (Å²) in [5.41, 5.74) is 2.31. The molecule has 22 heavy (non-hydrogen) atoms. The summed E-state index contributed by atoms with van der Waals surface area (Å²) in [6.07, 6.45) is 4.41. The summed E-state index contributed by atoms with van der Waals surface area (Å²) in [5.74, 6) is 0.164. The van der Waals surface area contributed by atoms with Gasteiger partial charge in [0, 0.05) is 31.5 Å². The van der Waals surface area contributed by atoms with Crippen LogP contribution in [0.4, 0.5) is 0 Å². The van der Waals surface area contributed by atoms with E-state index >= 15 is 0 Å². The maximum absolute atomic E-state index is 12.6. The summed E-state index contributed by atoms with van der Waals surface area (Å²) in [6.45, 7) is 1.72. The van der Waals surface area contributed by atoms with E-state index in [-0.39, 0.29) is 5.91 Å². The van der Waals surface area contributed by atoms with Crippen molar-refractivity contribution < 1.29 is 4.79 Å². The first-order chi connectivity index (χ1) is 10.7. The highest BCUT2D eigenvalue weighted by Crippen LogP contribution is 2.18. The van der Waals surface area contributed by atoms with Crippen molar-refractivity contribution in [2.24, 2.45) is 7.05 Å². The van der Waals surface area contributed by atoms with Crippen LogP contribution in [0.1, 0.15) is 24.1 Å². The quantitative estimate of drug-likeness (QED) is 0.851. The fourth-order valence-electron chi connectivity index (χ4n) is 2.52. The molecule has 1 aliphatic rings. The molecule has 1 aromatic heterocycles.